The van der Waals surface area contributed by atoms with E-state index in [0.717, 1.165) is 39.1 Å². The minimum absolute atomic E-state index is 0.647. The summed E-state index contributed by atoms with van der Waals surface area (Å²) in [6.07, 6.45) is 0. The Bertz CT molecular complexity index is 2850. The average molecular weight is 654 g/mol. The van der Waals surface area contributed by atoms with Crippen molar-refractivity contribution in [3.63, 3.8) is 0 Å². The minimum atomic E-state index is 0.647. The number of benzene rings is 7. The average Bonchev–Trinajstić information content (AvgIpc) is 3.72. The summed E-state index contributed by atoms with van der Waals surface area (Å²) in [5.41, 5.74) is 11.0. The van der Waals surface area contributed by atoms with Crippen LogP contribution in [0.3, 0.4) is 0 Å². The van der Waals surface area contributed by atoms with Gasteiger partial charge in [-0.3, -0.25) is 0 Å². The topological polar surface area (TPSA) is 48.5 Å². The van der Waals surface area contributed by atoms with Gasteiger partial charge in [-0.1, -0.05) is 121 Å². The molecule has 0 aliphatic heterocycles. The summed E-state index contributed by atoms with van der Waals surface area (Å²) < 4.78 is 4.84. The van der Waals surface area contributed by atoms with E-state index < -0.39 is 0 Å². The SMILES string of the molecule is Cc1cc(-c2nc(-c3ccccc3)nc(-c3ccccc3)n2)ccc1-n1c2ccccc2c2c1ccc1c3ccccc3n(-c3ccccc3)c12. The van der Waals surface area contributed by atoms with E-state index in [0.29, 0.717) is 17.5 Å². The molecule has 0 saturated carbocycles. The first-order valence-electron chi connectivity index (χ1n) is 17.2. The Labute approximate surface area is 294 Å². The highest BCUT2D eigenvalue weighted by atomic mass is 15.0. The molecular formula is C46H31N5. The summed E-state index contributed by atoms with van der Waals surface area (Å²) in [5.74, 6) is 1.96. The molecular weight excluding hydrogens is 623 g/mol. The molecule has 0 radical (unpaired) electrons. The Hall–Kier alpha value is -6.85. The van der Waals surface area contributed by atoms with Crippen LogP contribution >= 0.6 is 0 Å². The van der Waals surface area contributed by atoms with Crippen LogP contribution in [0, 0.1) is 6.92 Å². The highest BCUT2D eigenvalue weighted by Gasteiger charge is 2.21. The van der Waals surface area contributed by atoms with Crippen LogP contribution < -0.4 is 0 Å². The number of aromatic nitrogens is 5. The number of aryl methyl sites for hydroxylation is 1. The minimum Gasteiger partial charge on any atom is -0.309 e. The number of para-hydroxylation sites is 3. The first kappa shape index (κ1) is 29.1. The predicted octanol–water partition coefficient (Wildman–Crippen LogP) is 11.4. The zero-order valence-corrected chi connectivity index (χ0v) is 27.9. The van der Waals surface area contributed by atoms with Crippen molar-refractivity contribution in [1.29, 1.82) is 0 Å². The molecule has 3 aromatic heterocycles. The second kappa shape index (κ2) is 11.6. The maximum Gasteiger partial charge on any atom is 0.164 e. The van der Waals surface area contributed by atoms with Crippen molar-refractivity contribution in [1.82, 2.24) is 24.1 Å². The van der Waals surface area contributed by atoms with Gasteiger partial charge in [0.25, 0.3) is 0 Å². The Balaban J connectivity index is 1.20. The Kier molecular flexibility index (Phi) is 6.64. The van der Waals surface area contributed by atoms with E-state index in [2.05, 4.69) is 125 Å². The highest BCUT2D eigenvalue weighted by molar-refractivity contribution is 6.26. The van der Waals surface area contributed by atoms with Crippen LogP contribution in [-0.2, 0) is 0 Å². The zero-order chi connectivity index (χ0) is 33.9. The van der Waals surface area contributed by atoms with Crippen molar-refractivity contribution in [2.75, 3.05) is 0 Å². The van der Waals surface area contributed by atoms with E-state index in [1.807, 2.05) is 60.7 Å². The second-order valence-electron chi connectivity index (χ2n) is 12.9. The number of rotatable bonds is 5. The first-order chi connectivity index (χ1) is 25.2. The van der Waals surface area contributed by atoms with Gasteiger partial charge in [0.15, 0.2) is 17.5 Å². The van der Waals surface area contributed by atoms with E-state index in [1.54, 1.807) is 0 Å². The lowest BCUT2D eigenvalue weighted by atomic mass is 10.1. The summed E-state index contributed by atoms with van der Waals surface area (Å²) in [6, 6.07) is 59.5. The number of hydrogen-bond donors (Lipinski definition) is 0. The molecule has 0 aliphatic rings. The molecule has 0 unspecified atom stereocenters. The van der Waals surface area contributed by atoms with Crippen molar-refractivity contribution < 1.29 is 0 Å². The van der Waals surface area contributed by atoms with E-state index in [9.17, 15) is 0 Å². The summed E-state index contributed by atoms with van der Waals surface area (Å²) >= 11 is 0. The molecule has 10 rings (SSSR count). The van der Waals surface area contributed by atoms with Gasteiger partial charge in [0.05, 0.1) is 22.1 Å². The van der Waals surface area contributed by atoms with Crippen LogP contribution in [0.15, 0.2) is 170 Å². The van der Waals surface area contributed by atoms with Gasteiger partial charge in [0, 0.05) is 49.6 Å². The fraction of sp³-hybridized carbons (Fsp3) is 0.0217. The largest absolute Gasteiger partial charge is 0.309 e. The van der Waals surface area contributed by atoms with E-state index in [4.69, 9.17) is 15.0 Å². The van der Waals surface area contributed by atoms with Gasteiger partial charge < -0.3 is 9.13 Å². The second-order valence-corrected chi connectivity index (χ2v) is 12.9. The molecule has 0 saturated heterocycles. The molecule has 0 N–H and O–H groups in total. The van der Waals surface area contributed by atoms with Crippen LogP contribution in [-0.4, -0.2) is 24.1 Å². The van der Waals surface area contributed by atoms with Gasteiger partial charge in [0.2, 0.25) is 0 Å². The highest BCUT2D eigenvalue weighted by Crippen LogP contribution is 2.42. The smallest absolute Gasteiger partial charge is 0.164 e. The predicted molar refractivity (Wildman–Crippen MR) is 210 cm³/mol. The lowest BCUT2D eigenvalue weighted by Gasteiger charge is -2.14. The molecule has 0 amide bonds. The summed E-state index contributed by atoms with van der Waals surface area (Å²) in [6.45, 7) is 2.18. The maximum absolute atomic E-state index is 4.99. The molecule has 0 bridgehead atoms. The standard InChI is InChI=1S/C46H31N5/c1-30-29-33(46-48-44(31-15-5-2-6-16-31)47-45(49-46)32-17-7-3-8-18-32)25-27-38(30)51-40-24-14-12-22-37(40)42-41(51)28-26-36-35-21-11-13-23-39(35)50(43(36)42)34-19-9-4-10-20-34/h2-29H,1H3. The van der Waals surface area contributed by atoms with Crippen LogP contribution in [0.25, 0.3) is 89.2 Å². The van der Waals surface area contributed by atoms with Crippen LogP contribution in [0.4, 0.5) is 0 Å². The normalized spacial score (nSPS) is 11.6. The van der Waals surface area contributed by atoms with Crippen molar-refractivity contribution in [3.05, 3.63) is 175 Å². The zero-order valence-electron chi connectivity index (χ0n) is 27.9. The molecule has 0 aliphatic carbocycles. The lowest BCUT2D eigenvalue weighted by molar-refractivity contribution is 1.07. The summed E-state index contributed by atoms with van der Waals surface area (Å²) in [4.78, 5) is 14.9. The first-order valence-corrected chi connectivity index (χ1v) is 17.2. The number of fused-ring (bicyclic) bond motifs is 7. The van der Waals surface area contributed by atoms with Gasteiger partial charge in [-0.05, 0) is 61.0 Å². The molecule has 0 atom stereocenters. The van der Waals surface area contributed by atoms with Gasteiger partial charge >= 0.3 is 0 Å². The molecule has 5 nitrogen and oxygen atoms in total. The van der Waals surface area contributed by atoms with Gasteiger partial charge in [-0.2, -0.15) is 0 Å². The molecule has 3 heterocycles. The molecule has 10 aromatic rings. The lowest BCUT2D eigenvalue weighted by Crippen LogP contribution is -2.01. The third-order valence-corrected chi connectivity index (χ3v) is 9.88. The molecule has 0 spiro atoms. The van der Waals surface area contributed by atoms with Gasteiger partial charge in [-0.25, -0.2) is 15.0 Å². The van der Waals surface area contributed by atoms with Crippen molar-refractivity contribution in [2.24, 2.45) is 0 Å². The Morgan fingerprint density at radius 2 is 0.922 bits per heavy atom. The third kappa shape index (κ3) is 4.67. The fourth-order valence-corrected chi connectivity index (χ4v) is 7.60. The van der Waals surface area contributed by atoms with E-state index in [-0.39, 0.29) is 0 Å². The Morgan fingerprint density at radius 1 is 0.392 bits per heavy atom. The van der Waals surface area contributed by atoms with Crippen LogP contribution in [0.5, 0.6) is 0 Å². The summed E-state index contributed by atoms with van der Waals surface area (Å²) in [7, 11) is 0. The van der Waals surface area contributed by atoms with Crippen LogP contribution in [0.2, 0.25) is 0 Å². The van der Waals surface area contributed by atoms with Crippen LogP contribution in [0.1, 0.15) is 5.56 Å². The quantitative estimate of drug-likeness (QED) is 0.186. The third-order valence-electron chi connectivity index (χ3n) is 9.88. The van der Waals surface area contributed by atoms with Gasteiger partial charge in [0.1, 0.15) is 0 Å². The molecule has 0 fully saturated rings. The molecule has 7 aromatic carbocycles. The Morgan fingerprint density at radius 3 is 1.55 bits per heavy atom. The number of nitrogens with zero attached hydrogens (tertiary/aromatic N) is 5. The monoisotopic (exact) mass is 653 g/mol. The maximum atomic E-state index is 4.99. The molecule has 5 heteroatoms. The van der Waals surface area contributed by atoms with E-state index in [1.165, 1.54) is 38.1 Å². The molecule has 51 heavy (non-hydrogen) atoms. The van der Waals surface area contributed by atoms with Crippen molar-refractivity contribution in [2.45, 2.75) is 6.92 Å². The van der Waals surface area contributed by atoms with Crippen molar-refractivity contribution >= 4 is 43.6 Å². The fourth-order valence-electron chi connectivity index (χ4n) is 7.60. The van der Waals surface area contributed by atoms with E-state index >= 15 is 0 Å². The van der Waals surface area contributed by atoms with Gasteiger partial charge in [-0.15, -0.1) is 0 Å². The molecule has 240 valence electrons. The summed E-state index contributed by atoms with van der Waals surface area (Å²) in [5, 5.41) is 4.95. The van der Waals surface area contributed by atoms with Crippen molar-refractivity contribution in [3.8, 4) is 45.5 Å². The number of hydrogen-bond acceptors (Lipinski definition) is 3.